The van der Waals surface area contributed by atoms with E-state index in [9.17, 15) is 9.90 Å². The second kappa shape index (κ2) is 7.74. The Morgan fingerprint density at radius 3 is 2.28 bits per heavy atom. The predicted octanol–water partition coefficient (Wildman–Crippen LogP) is 1.52. The molecule has 0 rings (SSSR count). The number of nitrogens with two attached hydrogens (primary N) is 1. The van der Waals surface area contributed by atoms with Gasteiger partial charge in [0.25, 0.3) is 0 Å². The predicted molar refractivity (Wildman–Crippen MR) is 75.1 cm³/mol. The van der Waals surface area contributed by atoms with E-state index in [4.69, 9.17) is 5.73 Å². The third-order valence-electron chi connectivity index (χ3n) is 2.77. The van der Waals surface area contributed by atoms with Crippen molar-refractivity contribution in [2.75, 3.05) is 13.1 Å². The van der Waals surface area contributed by atoms with Crippen LogP contribution in [-0.2, 0) is 4.79 Å². The molecule has 18 heavy (non-hydrogen) atoms. The lowest BCUT2D eigenvalue weighted by atomic mass is 9.89. The highest BCUT2D eigenvalue weighted by molar-refractivity contribution is 5.78. The molecule has 108 valence electrons. The average Bonchev–Trinajstić information content (AvgIpc) is 2.19. The zero-order valence-electron chi connectivity index (χ0n) is 12.5. The van der Waals surface area contributed by atoms with E-state index < -0.39 is 6.10 Å². The third-order valence-corrected chi connectivity index (χ3v) is 2.77. The molecule has 4 nitrogen and oxygen atoms in total. The average molecular weight is 258 g/mol. The van der Waals surface area contributed by atoms with Crippen LogP contribution in [0, 0.1) is 17.3 Å². The molecule has 0 heterocycles. The number of hydrogen-bond acceptors (Lipinski definition) is 3. The van der Waals surface area contributed by atoms with Crippen molar-refractivity contribution in [1.29, 1.82) is 0 Å². The quantitative estimate of drug-likeness (QED) is 0.648. The lowest BCUT2D eigenvalue weighted by molar-refractivity contribution is -0.125. The van der Waals surface area contributed by atoms with Crippen molar-refractivity contribution < 1.29 is 9.90 Å². The van der Waals surface area contributed by atoms with Gasteiger partial charge in [-0.1, -0.05) is 34.6 Å². The minimum atomic E-state index is -0.494. The van der Waals surface area contributed by atoms with Crippen LogP contribution in [-0.4, -0.2) is 30.2 Å². The maximum atomic E-state index is 11.9. The van der Waals surface area contributed by atoms with E-state index >= 15 is 0 Å². The Morgan fingerprint density at radius 1 is 1.33 bits per heavy atom. The van der Waals surface area contributed by atoms with E-state index in [1.54, 1.807) is 0 Å². The Kier molecular flexibility index (Phi) is 7.48. The third kappa shape index (κ3) is 8.48. The summed E-state index contributed by atoms with van der Waals surface area (Å²) in [6.07, 6.45) is 0.967. The smallest absolute Gasteiger partial charge is 0.224 e. The summed E-state index contributed by atoms with van der Waals surface area (Å²) >= 11 is 0. The van der Waals surface area contributed by atoms with Gasteiger partial charge >= 0.3 is 0 Å². The Bertz CT molecular complexity index is 247. The molecule has 4 heteroatoms. The molecule has 0 aliphatic rings. The van der Waals surface area contributed by atoms with Gasteiger partial charge in [0.05, 0.1) is 12.0 Å². The number of carbonyl (C=O) groups is 1. The molecule has 2 atom stereocenters. The van der Waals surface area contributed by atoms with Gasteiger partial charge in [0.2, 0.25) is 5.91 Å². The van der Waals surface area contributed by atoms with Gasteiger partial charge in [-0.2, -0.15) is 0 Å². The van der Waals surface area contributed by atoms with E-state index in [0.29, 0.717) is 25.4 Å². The highest BCUT2D eigenvalue weighted by atomic mass is 16.3. The monoisotopic (exact) mass is 258 g/mol. The molecular formula is C14H30N2O2. The molecule has 0 aromatic rings. The van der Waals surface area contributed by atoms with E-state index in [1.165, 1.54) is 0 Å². The van der Waals surface area contributed by atoms with Crippen LogP contribution in [0.1, 0.15) is 47.5 Å². The van der Waals surface area contributed by atoms with Crippen molar-refractivity contribution in [3.8, 4) is 0 Å². The standard InChI is InChI=1S/C14H30N2O2/c1-10(2)6-11(8-15)13(18)16-9-12(17)7-14(3,4)5/h10-12,17H,6-9,15H2,1-5H3,(H,16,18). The van der Waals surface area contributed by atoms with Crippen molar-refractivity contribution in [2.24, 2.45) is 23.0 Å². The first-order chi connectivity index (χ1) is 8.15. The summed E-state index contributed by atoms with van der Waals surface area (Å²) in [5.74, 6) is 0.259. The van der Waals surface area contributed by atoms with Crippen LogP contribution in [0.4, 0.5) is 0 Å². The molecule has 0 radical (unpaired) electrons. The first kappa shape index (κ1) is 17.4. The van der Waals surface area contributed by atoms with Crippen LogP contribution in [0.3, 0.4) is 0 Å². The molecule has 0 aromatic heterocycles. The van der Waals surface area contributed by atoms with Gasteiger partial charge in [-0.3, -0.25) is 4.79 Å². The first-order valence-corrected chi connectivity index (χ1v) is 6.81. The van der Waals surface area contributed by atoms with Gasteiger partial charge in [0, 0.05) is 13.1 Å². The van der Waals surface area contributed by atoms with Crippen molar-refractivity contribution in [3.05, 3.63) is 0 Å². The number of aliphatic hydroxyl groups is 1. The summed E-state index contributed by atoms with van der Waals surface area (Å²) in [7, 11) is 0. The van der Waals surface area contributed by atoms with Gasteiger partial charge in [-0.25, -0.2) is 0 Å². The Labute approximate surface area is 111 Å². The van der Waals surface area contributed by atoms with Crippen LogP contribution in [0.5, 0.6) is 0 Å². The lowest BCUT2D eigenvalue weighted by Crippen LogP contribution is -2.40. The van der Waals surface area contributed by atoms with Crippen LogP contribution in [0.2, 0.25) is 0 Å². The van der Waals surface area contributed by atoms with E-state index in [2.05, 4.69) is 39.9 Å². The maximum Gasteiger partial charge on any atom is 0.224 e. The molecule has 0 fully saturated rings. The molecule has 0 spiro atoms. The van der Waals surface area contributed by atoms with Crippen LogP contribution in [0.25, 0.3) is 0 Å². The van der Waals surface area contributed by atoms with E-state index in [1.807, 2.05) is 0 Å². The Balaban J connectivity index is 4.07. The van der Waals surface area contributed by atoms with E-state index in [-0.39, 0.29) is 17.2 Å². The fourth-order valence-electron chi connectivity index (χ4n) is 2.02. The largest absolute Gasteiger partial charge is 0.391 e. The van der Waals surface area contributed by atoms with Crippen molar-refractivity contribution in [2.45, 2.75) is 53.6 Å². The summed E-state index contributed by atoms with van der Waals surface area (Å²) in [6, 6.07) is 0. The highest BCUT2D eigenvalue weighted by Crippen LogP contribution is 2.20. The van der Waals surface area contributed by atoms with Crippen LogP contribution < -0.4 is 11.1 Å². The summed E-state index contributed by atoms with van der Waals surface area (Å²) in [5, 5.41) is 12.6. The molecule has 0 saturated heterocycles. The summed E-state index contributed by atoms with van der Waals surface area (Å²) < 4.78 is 0. The molecular weight excluding hydrogens is 228 g/mol. The lowest BCUT2D eigenvalue weighted by Gasteiger charge is -2.23. The minimum absolute atomic E-state index is 0.0424. The topological polar surface area (TPSA) is 75.4 Å². The number of aliphatic hydroxyl groups excluding tert-OH is 1. The zero-order valence-corrected chi connectivity index (χ0v) is 12.5. The summed E-state index contributed by atoms with van der Waals surface area (Å²) in [4.78, 5) is 11.9. The molecule has 4 N–H and O–H groups in total. The van der Waals surface area contributed by atoms with E-state index in [0.717, 1.165) is 6.42 Å². The normalized spacial score (nSPS) is 15.6. The van der Waals surface area contributed by atoms with Gasteiger partial charge in [-0.05, 0) is 24.2 Å². The number of nitrogens with one attached hydrogen (secondary N) is 1. The minimum Gasteiger partial charge on any atom is -0.391 e. The number of amides is 1. The summed E-state index contributed by atoms with van der Waals surface area (Å²) in [6.45, 7) is 11.0. The van der Waals surface area contributed by atoms with Crippen molar-refractivity contribution >= 4 is 5.91 Å². The molecule has 0 aromatic carbocycles. The molecule has 1 amide bonds. The van der Waals surface area contributed by atoms with Crippen LogP contribution in [0.15, 0.2) is 0 Å². The second-order valence-electron chi connectivity index (χ2n) is 6.73. The van der Waals surface area contributed by atoms with Gasteiger partial charge in [0.15, 0.2) is 0 Å². The SMILES string of the molecule is CC(C)CC(CN)C(=O)NCC(O)CC(C)(C)C. The molecule has 0 bridgehead atoms. The number of hydrogen-bond donors (Lipinski definition) is 3. The maximum absolute atomic E-state index is 11.9. The Hall–Kier alpha value is -0.610. The number of carbonyl (C=O) groups excluding carboxylic acids is 1. The number of rotatable bonds is 7. The second-order valence-corrected chi connectivity index (χ2v) is 6.73. The molecule has 0 aliphatic heterocycles. The fourth-order valence-corrected chi connectivity index (χ4v) is 2.02. The van der Waals surface area contributed by atoms with Gasteiger partial charge < -0.3 is 16.2 Å². The first-order valence-electron chi connectivity index (χ1n) is 6.81. The molecule has 0 saturated carbocycles. The van der Waals surface area contributed by atoms with Crippen LogP contribution >= 0.6 is 0 Å². The van der Waals surface area contributed by atoms with Crippen molar-refractivity contribution in [3.63, 3.8) is 0 Å². The zero-order chi connectivity index (χ0) is 14.3. The fraction of sp³-hybridized carbons (Fsp3) is 0.929. The Morgan fingerprint density at radius 2 is 1.89 bits per heavy atom. The highest BCUT2D eigenvalue weighted by Gasteiger charge is 2.21. The molecule has 0 aliphatic carbocycles. The molecule has 2 unspecified atom stereocenters. The van der Waals surface area contributed by atoms with Gasteiger partial charge in [0.1, 0.15) is 0 Å². The van der Waals surface area contributed by atoms with Gasteiger partial charge in [-0.15, -0.1) is 0 Å². The summed E-state index contributed by atoms with van der Waals surface area (Å²) in [5.41, 5.74) is 5.67. The van der Waals surface area contributed by atoms with Crippen molar-refractivity contribution in [1.82, 2.24) is 5.32 Å².